The van der Waals surface area contributed by atoms with Crippen molar-refractivity contribution < 1.29 is 23.2 Å². The molecule has 1 aliphatic carbocycles. The highest BCUT2D eigenvalue weighted by Crippen LogP contribution is 2.34. The first-order chi connectivity index (χ1) is 28.2. The molecule has 14 heteroatoms. The second kappa shape index (κ2) is 17.6. The molecule has 3 amide bonds. The van der Waals surface area contributed by atoms with Crippen molar-refractivity contribution in [1.82, 2.24) is 30.1 Å². The highest BCUT2D eigenvalue weighted by molar-refractivity contribution is 6.01. The van der Waals surface area contributed by atoms with Crippen LogP contribution >= 0.6 is 0 Å². The predicted octanol–water partition coefficient (Wildman–Crippen LogP) is 6.08. The van der Waals surface area contributed by atoms with E-state index in [1.807, 2.05) is 12.1 Å². The van der Waals surface area contributed by atoms with Gasteiger partial charge in [0.15, 0.2) is 5.82 Å². The van der Waals surface area contributed by atoms with Crippen molar-refractivity contribution in [3.63, 3.8) is 0 Å². The zero-order valence-corrected chi connectivity index (χ0v) is 32.5. The lowest BCUT2D eigenvalue weighted by Crippen LogP contribution is -2.47. The highest BCUT2D eigenvalue weighted by Gasteiger charge is 2.33. The molecule has 8 rings (SSSR count). The van der Waals surface area contributed by atoms with Gasteiger partial charge in [-0.05, 0) is 124 Å². The van der Waals surface area contributed by atoms with E-state index < -0.39 is 11.9 Å². The quantitative estimate of drug-likeness (QED) is 0.140. The van der Waals surface area contributed by atoms with Gasteiger partial charge in [0.2, 0.25) is 23.7 Å². The third-order valence-corrected chi connectivity index (χ3v) is 12.5. The summed E-state index contributed by atoms with van der Waals surface area (Å²) in [5.74, 6) is -0.232. The molecule has 4 aromatic rings. The van der Waals surface area contributed by atoms with E-state index in [0.29, 0.717) is 46.2 Å². The summed E-state index contributed by atoms with van der Waals surface area (Å²) in [5, 5.41) is 8.77. The van der Waals surface area contributed by atoms with Crippen molar-refractivity contribution in [3.05, 3.63) is 94.5 Å². The maximum atomic E-state index is 15.2. The Kier molecular flexibility index (Phi) is 11.9. The average molecular weight is 793 g/mol. The predicted molar refractivity (Wildman–Crippen MR) is 217 cm³/mol. The molecule has 1 saturated carbocycles. The molecule has 5 heterocycles. The number of amides is 3. The highest BCUT2D eigenvalue weighted by atomic mass is 19.1. The molecule has 12 nitrogen and oxygen atoms in total. The number of imide groups is 1. The molecule has 1 atom stereocenters. The number of aromatic amines is 1. The van der Waals surface area contributed by atoms with Gasteiger partial charge >= 0.3 is 0 Å². The monoisotopic (exact) mass is 792 g/mol. The van der Waals surface area contributed by atoms with Gasteiger partial charge in [0, 0.05) is 61.0 Å². The normalized spacial score (nSPS) is 22.4. The van der Waals surface area contributed by atoms with E-state index in [1.54, 1.807) is 42.6 Å². The first-order valence-corrected chi connectivity index (χ1v) is 20.6. The fraction of sp³-hybridized carbons (Fsp3) is 0.455. The Labute approximate surface area is 336 Å². The van der Waals surface area contributed by atoms with Crippen LogP contribution < -0.4 is 21.5 Å². The number of carbonyl (C=O) groups is 3. The van der Waals surface area contributed by atoms with Crippen LogP contribution in [0.5, 0.6) is 0 Å². The fourth-order valence-electron chi connectivity index (χ4n) is 9.16. The Morgan fingerprint density at radius 2 is 1.59 bits per heavy atom. The molecule has 0 radical (unpaired) electrons. The van der Waals surface area contributed by atoms with Gasteiger partial charge in [-0.2, -0.15) is 0 Å². The number of anilines is 2. The van der Waals surface area contributed by atoms with Gasteiger partial charge in [-0.25, -0.2) is 18.7 Å². The molecule has 2 aromatic carbocycles. The zero-order chi connectivity index (χ0) is 40.2. The minimum atomic E-state index is -0.550. The van der Waals surface area contributed by atoms with Crippen LogP contribution in [0.3, 0.4) is 0 Å². The number of hydrogen-bond donors (Lipinski definition) is 4. The number of piperidine rings is 3. The summed E-state index contributed by atoms with van der Waals surface area (Å²) in [4.78, 5) is 65.4. The van der Waals surface area contributed by atoms with Crippen LogP contribution in [0.2, 0.25) is 0 Å². The van der Waals surface area contributed by atoms with E-state index in [-0.39, 0.29) is 59.1 Å². The van der Waals surface area contributed by atoms with Gasteiger partial charge in [-0.3, -0.25) is 24.5 Å². The van der Waals surface area contributed by atoms with Crippen molar-refractivity contribution in [2.75, 3.05) is 43.4 Å². The largest absolute Gasteiger partial charge is 0.374 e. The lowest BCUT2D eigenvalue weighted by Gasteiger charge is -2.39. The van der Waals surface area contributed by atoms with E-state index in [4.69, 9.17) is 0 Å². The zero-order valence-electron chi connectivity index (χ0n) is 32.5. The van der Waals surface area contributed by atoms with Gasteiger partial charge in [-0.1, -0.05) is 24.3 Å². The fourth-order valence-corrected chi connectivity index (χ4v) is 9.16. The summed E-state index contributed by atoms with van der Waals surface area (Å²) >= 11 is 0. The van der Waals surface area contributed by atoms with Gasteiger partial charge in [0.1, 0.15) is 17.6 Å². The summed E-state index contributed by atoms with van der Waals surface area (Å²) in [6.45, 7) is 4.35. The van der Waals surface area contributed by atoms with Crippen LogP contribution in [0, 0.1) is 23.5 Å². The molecule has 4 aliphatic rings. The van der Waals surface area contributed by atoms with E-state index in [0.717, 1.165) is 84.1 Å². The molecule has 2 aromatic heterocycles. The number of H-pyrrole nitrogens is 1. The van der Waals surface area contributed by atoms with Crippen LogP contribution in [0.1, 0.15) is 75.7 Å². The number of nitrogens with zero attached hydrogens (tertiary/aromatic N) is 4. The van der Waals surface area contributed by atoms with E-state index >= 15 is 4.39 Å². The summed E-state index contributed by atoms with van der Waals surface area (Å²) in [7, 11) is 0. The smallest absolute Gasteiger partial charge is 0.255 e. The van der Waals surface area contributed by atoms with Crippen molar-refractivity contribution in [1.29, 1.82) is 0 Å². The molecule has 1 unspecified atom stereocenters. The number of hydrogen-bond acceptors (Lipinski definition) is 9. The van der Waals surface area contributed by atoms with Crippen LogP contribution in [-0.4, -0.2) is 87.3 Å². The number of likely N-dealkylation sites (tertiary alicyclic amines) is 2. The molecular weight excluding hydrogens is 743 g/mol. The Morgan fingerprint density at radius 3 is 2.33 bits per heavy atom. The van der Waals surface area contributed by atoms with Crippen molar-refractivity contribution >= 4 is 29.4 Å². The van der Waals surface area contributed by atoms with Gasteiger partial charge in [-0.15, -0.1) is 0 Å². The van der Waals surface area contributed by atoms with E-state index in [1.165, 1.54) is 12.3 Å². The lowest BCUT2D eigenvalue weighted by molar-refractivity contribution is -0.138. The molecule has 304 valence electrons. The van der Waals surface area contributed by atoms with Crippen LogP contribution in [-0.2, 0) is 14.4 Å². The minimum absolute atomic E-state index is 0.00937. The Hall–Kier alpha value is -5.50. The Balaban J connectivity index is 0.761. The number of halogens is 2. The number of benzene rings is 2. The molecule has 3 saturated heterocycles. The summed E-state index contributed by atoms with van der Waals surface area (Å²) < 4.78 is 30.2. The maximum Gasteiger partial charge on any atom is 0.255 e. The second-order valence-electron chi connectivity index (χ2n) is 16.3. The van der Waals surface area contributed by atoms with E-state index in [9.17, 15) is 23.6 Å². The lowest BCUT2D eigenvalue weighted by atomic mass is 9.84. The maximum absolute atomic E-state index is 15.2. The third-order valence-electron chi connectivity index (χ3n) is 12.5. The molecule has 3 aliphatic heterocycles. The number of pyridine rings is 1. The number of aromatic nitrogens is 3. The van der Waals surface area contributed by atoms with Gasteiger partial charge < -0.3 is 25.4 Å². The molecule has 4 fully saturated rings. The van der Waals surface area contributed by atoms with Crippen molar-refractivity contribution in [2.24, 2.45) is 11.8 Å². The first-order valence-electron chi connectivity index (χ1n) is 20.6. The molecule has 58 heavy (non-hydrogen) atoms. The Morgan fingerprint density at radius 1 is 0.810 bits per heavy atom. The number of nitrogens with one attached hydrogen (secondary N) is 4. The van der Waals surface area contributed by atoms with Crippen LogP contribution in [0.15, 0.2) is 71.8 Å². The second-order valence-corrected chi connectivity index (χ2v) is 16.3. The minimum Gasteiger partial charge on any atom is -0.374 e. The molecule has 0 spiro atoms. The van der Waals surface area contributed by atoms with Gasteiger partial charge in [0.05, 0.1) is 6.20 Å². The Bertz CT molecular complexity index is 2190. The van der Waals surface area contributed by atoms with Crippen LogP contribution in [0.4, 0.5) is 20.4 Å². The average Bonchev–Trinajstić information content (AvgIpc) is 3.23. The summed E-state index contributed by atoms with van der Waals surface area (Å²) in [6.07, 6.45) is 10.2. The van der Waals surface area contributed by atoms with Crippen molar-refractivity contribution in [2.45, 2.75) is 82.2 Å². The molecule has 0 bridgehead atoms. The van der Waals surface area contributed by atoms with E-state index in [2.05, 4.69) is 40.7 Å². The van der Waals surface area contributed by atoms with Crippen molar-refractivity contribution in [3.8, 4) is 22.4 Å². The summed E-state index contributed by atoms with van der Waals surface area (Å²) in [5.41, 5.74) is 2.89. The van der Waals surface area contributed by atoms with Gasteiger partial charge in [0.25, 0.3) is 5.56 Å². The SMILES string of the molecule is O=C1CCC(Nc2ccc(C3CCN(CC4CCN(C(=O)[C@H]5CC[C@H](Nc6ncc(F)c(-c7cccc(-c8ccc[nH]c8=O)c7)n6)CC5)CC4)CC3)c(F)c2)C(=O)N1. The number of carbonyl (C=O) groups excluding carboxylic acids is 3. The number of rotatable bonds is 10. The molecular formula is C44H50F2N8O4. The topological polar surface area (TPSA) is 152 Å². The summed E-state index contributed by atoms with van der Waals surface area (Å²) in [6, 6.07) is 15.2. The first kappa shape index (κ1) is 39.3. The van der Waals surface area contributed by atoms with Crippen LogP contribution in [0.25, 0.3) is 22.4 Å². The third kappa shape index (κ3) is 9.12. The standard InChI is InChI=1S/C44H50F2N8O4/c45-36-24-33(49-38-12-13-39(55)51-42(38)57)10-11-34(36)28-16-19-53(20-17-28)26-27-14-21-54(22-15-27)43(58)29-6-8-32(9-7-29)50-44-48-25-37(46)40(52-44)31-4-1-3-30(23-31)35-5-2-18-47-41(35)56/h1-5,10-11,18,23-25,27-29,32,38,49H,6-9,12-17,19-22,26H2,(H,47,56)(H,48,50,52)(H,51,55,57)/t29-,32-,38?. The molecule has 4 N–H and O–H groups in total.